The minimum Gasteiger partial charge on any atom is -0.473 e. The molecule has 0 aliphatic carbocycles. The molecule has 126 valence electrons. The molecule has 2 fully saturated rings. The SMILES string of the molecule is CC(=O)N1CCOC(CN2CCC(Oc3cccc(F)n3)C2)C1. The Morgan fingerprint density at radius 3 is 3.09 bits per heavy atom. The van der Waals surface area contributed by atoms with Crippen molar-refractivity contribution >= 4 is 5.91 Å². The summed E-state index contributed by atoms with van der Waals surface area (Å²) in [6.45, 7) is 5.93. The zero-order valence-electron chi connectivity index (χ0n) is 13.3. The Labute approximate surface area is 135 Å². The van der Waals surface area contributed by atoms with E-state index in [9.17, 15) is 9.18 Å². The summed E-state index contributed by atoms with van der Waals surface area (Å²) >= 11 is 0. The average Bonchev–Trinajstić information content (AvgIpc) is 2.94. The van der Waals surface area contributed by atoms with Gasteiger partial charge in [-0.1, -0.05) is 6.07 Å². The molecular weight excluding hydrogens is 301 g/mol. The third kappa shape index (κ3) is 4.39. The van der Waals surface area contributed by atoms with Crippen molar-refractivity contribution in [3.8, 4) is 5.88 Å². The second-order valence-electron chi connectivity index (χ2n) is 6.04. The second kappa shape index (κ2) is 7.23. The second-order valence-corrected chi connectivity index (χ2v) is 6.04. The summed E-state index contributed by atoms with van der Waals surface area (Å²) < 4.78 is 24.6. The van der Waals surface area contributed by atoms with E-state index < -0.39 is 5.95 Å². The number of pyridine rings is 1. The van der Waals surface area contributed by atoms with E-state index in [2.05, 4.69) is 9.88 Å². The molecule has 23 heavy (non-hydrogen) atoms. The number of hydrogen-bond donors (Lipinski definition) is 0. The van der Waals surface area contributed by atoms with Crippen LogP contribution in [-0.4, -0.2) is 72.2 Å². The fourth-order valence-corrected chi connectivity index (χ4v) is 3.09. The molecule has 2 aliphatic heterocycles. The maximum absolute atomic E-state index is 13.1. The van der Waals surface area contributed by atoms with Crippen LogP contribution in [0.5, 0.6) is 5.88 Å². The highest BCUT2D eigenvalue weighted by Crippen LogP contribution is 2.18. The van der Waals surface area contributed by atoms with Crippen molar-refractivity contribution in [1.29, 1.82) is 0 Å². The molecule has 2 unspecified atom stereocenters. The lowest BCUT2D eigenvalue weighted by Gasteiger charge is -2.34. The van der Waals surface area contributed by atoms with Gasteiger partial charge in [0.2, 0.25) is 17.7 Å². The highest BCUT2D eigenvalue weighted by molar-refractivity contribution is 5.73. The summed E-state index contributed by atoms with van der Waals surface area (Å²) in [6, 6.07) is 4.56. The van der Waals surface area contributed by atoms with Gasteiger partial charge in [0.1, 0.15) is 6.10 Å². The van der Waals surface area contributed by atoms with E-state index in [0.29, 0.717) is 25.6 Å². The van der Waals surface area contributed by atoms with Crippen LogP contribution in [0, 0.1) is 5.95 Å². The summed E-state index contributed by atoms with van der Waals surface area (Å²) in [5.74, 6) is -0.107. The molecule has 0 spiro atoms. The smallest absolute Gasteiger partial charge is 0.219 e. The van der Waals surface area contributed by atoms with Crippen LogP contribution in [0.2, 0.25) is 0 Å². The van der Waals surface area contributed by atoms with Gasteiger partial charge in [-0.25, -0.2) is 0 Å². The van der Waals surface area contributed by atoms with Gasteiger partial charge in [-0.3, -0.25) is 9.69 Å². The molecule has 3 rings (SSSR count). The number of morpholine rings is 1. The van der Waals surface area contributed by atoms with Crippen LogP contribution in [-0.2, 0) is 9.53 Å². The van der Waals surface area contributed by atoms with Crippen molar-refractivity contribution in [1.82, 2.24) is 14.8 Å². The van der Waals surface area contributed by atoms with E-state index in [-0.39, 0.29) is 18.1 Å². The molecule has 0 aromatic carbocycles. The Kier molecular flexibility index (Phi) is 5.07. The van der Waals surface area contributed by atoms with Crippen molar-refractivity contribution in [2.45, 2.75) is 25.6 Å². The highest BCUT2D eigenvalue weighted by atomic mass is 19.1. The third-order valence-electron chi connectivity index (χ3n) is 4.25. The van der Waals surface area contributed by atoms with Gasteiger partial charge in [0.25, 0.3) is 0 Å². The lowest BCUT2D eigenvalue weighted by Crippen LogP contribution is -2.48. The molecule has 2 aliphatic rings. The molecule has 1 amide bonds. The zero-order valence-corrected chi connectivity index (χ0v) is 13.3. The van der Waals surface area contributed by atoms with Crippen LogP contribution < -0.4 is 4.74 Å². The van der Waals surface area contributed by atoms with Gasteiger partial charge in [-0.05, 0) is 12.5 Å². The molecule has 2 atom stereocenters. The molecule has 0 N–H and O–H groups in total. The van der Waals surface area contributed by atoms with Crippen LogP contribution in [0.4, 0.5) is 4.39 Å². The molecule has 0 bridgehead atoms. The standard InChI is InChI=1S/C16H22FN3O3/c1-12(21)20-7-8-22-14(11-20)10-19-6-5-13(9-19)23-16-4-2-3-15(17)18-16/h2-4,13-14H,5-11H2,1H3. The topological polar surface area (TPSA) is 54.9 Å². The van der Waals surface area contributed by atoms with Crippen LogP contribution >= 0.6 is 0 Å². The Bertz CT molecular complexity index is 557. The summed E-state index contributed by atoms with van der Waals surface area (Å²) in [6.07, 6.45) is 0.928. The first-order valence-corrected chi connectivity index (χ1v) is 7.99. The van der Waals surface area contributed by atoms with E-state index in [1.165, 1.54) is 6.07 Å². The first kappa shape index (κ1) is 16.1. The Balaban J connectivity index is 1.47. The molecule has 0 radical (unpaired) electrons. The lowest BCUT2D eigenvalue weighted by atomic mass is 10.2. The number of carbonyl (C=O) groups excluding carboxylic acids is 1. The minimum atomic E-state index is -0.530. The van der Waals surface area contributed by atoms with E-state index in [1.807, 2.05) is 4.90 Å². The molecule has 6 nitrogen and oxygen atoms in total. The average molecular weight is 323 g/mol. The normalized spacial score (nSPS) is 25.6. The van der Waals surface area contributed by atoms with E-state index >= 15 is 0 Å². The fraction of sp³-hybridized carbons (Fsp3) is 0.625. The lowest BCUT2D eigenvalue weighted by molar-refractivity contribution is -0.137. The van der Waals surface area contributed by atoms with Gasteiger partial charge < -0.3 is 14.4 Å². The summed E-state index contributed by atoms with van der Waals surface area (Å²) in [7, 11) is 0. The van der Waals surface area contributed by atoms with Crippen LogP contribution in [0.3, 0.4) is 0 Å². The van der Waals surface area contributed by atoms with E-state index in [4.69, 9.17) is 9.47 Å². The quantitative estimate of drug-likeness (QED) is 0.771. The largest absolute Gasteiger partial charge is 0.473 e. The third-order valence-corrected chi connectivity index (χ3v) is 4.25. The van der Waals surface area contributed by atoms with Gasteiger partial charge in [0.05, 0.1) is 12.7 Å². The number of likely N-dealkylation sites (tertiary alicyclic amines) is 1. The number of nitrogens with zero attached hydrogens (tertiary/aromatic N) is 3. The Hall–Kier alpha value is -1.73. The van der Waals surface area contributed by atoms with Crippen LogP contribution in [0.1, 0.15) is 13.3 Å². The van der Waals surface area contributed by atoms with Crippen molar-refractivity contribution in [2.24, 2.45) is 0 Å². The van der Waals surface area contributed by atoms with E-state index in [0.717, 1.165) is 26.1 Å². The highest BCUT2D eigenvalue weighted by Gasteiger charge is 2.29. The number of ether oxygens (including phenoxy) is 2. The summed E-state index contributed by atoms with van der Waals surface area (Å²) in [4.78, 5) is 19.3. The van der Waals surface area contributed by atoms with E-state index in [1.54, 1.807) is 19.1 Å². The van der Waals surface area contributed by atoms with Crippen LogP contribution in [0.25, 0.3) is 0 Å². The van der Waals surface area contributed by atoms with Gasteiger partial charge in [-0.15, -0.1) is 0 Å². The first-order chi connectivity index (χ1) is 11.1. The number of amides is 1. The molecule has 0 saturated carbocycles. The van der Waals surface area contributed by atoms with Crippen molar-refractivity contribution in [2.75, 3.05) is 39.3 Å². The predicted molar refractivity (Wildman–Crippen MR) is 81.7 cm³/mol. The predicted octanol–water partition coefficient (Wildman–Crippen LogP) is 0.921. The summed E-state index contributed by atoms with van der Waals surface area (Å²) in [5, 5.41) is 0. The number of hydrogen-bond acceptors (Lipinski definition) is 5. The molecule has 1 aromatic rings. The van der Waals surface area contributed by atoms with Crippen molar-refractivity contribution < 1.29 is 18.7 Å². The minimum absolute atomic E-state index is 0.0109. The van der Waals surface area contributed by atoms with Crippen molar-refractivity contribution in [3.05, 3.63) is 24.1 Å². The monoisotopic (exact) mass is 323 g/mol. The Morgan fingerprint density at radius 2 is 2.30 bits per heavy atom. The van der Waals surface area contributed by atoms with Gasteiger partial charge in [0, 0.05) is 45.7 Å². The fourth-order valence-electron chi connectivity index (χ4n) is 3.09. The molecular formula is C16H22FN3O3. The number of aromatic nitrogens is 1. The molecule has 1 aromatic heterocycles. The first-order valence-electron chi connectivity index (χ1n) is 7.99. The number of rotatable bonds is 4. The molecule has 3 heterocycles. The Morgan fingerprint density at radius 1 is 1.43 bits per heavy atom. The number of halogens is 1. The summed E-state index contributed by atoms with van der Waals surface area (Å²) in [5.41, 5.74) is 0. The zero-order chi connectivity index (χ0) is 16.2. The van der Waals surface area contributed by atoms with Crippen LogP contribution in [0.15, 0.2) is 18.2 Å². The maximum Gasteiger partial charge on any atom is 0.219 e. The van der Waals surface area contributed by atoms with Gasteiger partial charge in [-0.2, -0.15) is 9.37 Å². The molecule has 2 saturated heterocycles. The van der Waals surface area contributed by atoms with Gasteiger partial charge >= 0.3 is 0 Å². The maximum atomic E-state index is 13.1. The van der Waals surface area contributed by atoms with Gasteiger partial charge in [0.15, 0.2) is 0 Å². The molecule has 7 heteroatoms. The number of carbonyl (C=O) groups is 1. The van der Waals surface area contributed by atoms with Crippen molar-refractivity contribution in [3.63, 3.8) is 0 Å².